The Morgan fingerprint density at radius 3 is 2.44 bits per heavy atom. The van der Waals surface area contributed by atoms with E-state index in [4.69, 9.17) is 9.47 Å². The van der Waals surface area contributed by atoms with Crippen LogP contribution in [0.25, 0.3) is 0 Å². The highest BCUT2D eigenvalue weighted by molar-refractivity contribution is 14.0. The zero-order valence-corrected chi connectivity index (χ0v) is 21.3. The van der Waals surface area contributed by atoms with Crippen LogP contribution in [-0.2, 0) is 22.6 Å². The predicted octanol–water partition coefficient (Wildman–Crippen LogP) is 3.46. The quantitative estimate of drug-likeness (QED) is 0.214. The second kappa shape index (κ2) is 14.2. The number of halogens is 1. The van der Waals surface area contributed by atoms with Gasteiger partial charge in [0.15, 0.2) is 5.96 Å². The lowest BCUT2D eigenvalue weighted by Gasteiger charge is -2.37. The van der Waals surface area contributed by atoms with Gasteiger partial charge in [-0.2, -0.15) is 0 Å². The van der Waals surface area contributed by atoms with Gasteiger partial charge in [0.25, 0.3) is 0 Å². The number of rotatable bonds is 9. The van der Waals surface area contributed by atoms with Crippen molar-refractivity contribution in [2.45, 2.75) is 20.1 Å². The van der Waals surface area contributed by atoms with Gasteiger partial charge in [0, 0.05) is 46.4 Å². The molecule has 0 amide bonds. The Hall–Kier alpha value is -2.04. The maximum Gasteiger partial charge on any atom is 0.194 e. The first-order valence-corrected chi connectivity index (χ1v) is 10.9. The molecule has 0 aliphatic carbocycles. The van der Waals surface area contributed by atoms with Gasteiger partial charge in [-0.3, -0.25) is 4.99 Å². The summed E-state index contributed by atoms with van der Waals surface area (Å²) >= 11 is 0. The molecular weight excluding hydrogens is 519 g/mol. The molecule has 0 spiro atoms. The van der Waals surface area contributed by atoms with Crippen LogP contribution in [0.5, 0.6) is 5.75 Å². The lowest BCUT2D eigenvalue weighted by Crippen LogP contribution is -2.52. The number of guanidine groups is 1. The summed E-state index contributed by atoms with van der Waals surface area (Å²) in [6.45, 7) is 8.61. The first-order valence-electron chi connectivity index (χ1n) is 10.9. The van der Waals surface area contributed by atoms with Gasteiger partial charge in [0.05, 0.1) is 25.5 Å². The molecule has 2 aromatic rings. The number of anilines is 1. The number of ether oxygens (including phenoxy) is 2. The zero-order valence-electron chi connectivity index (χ0n) is 19.0. The highest BCUT2D eigenvalue weighted by atomic mass is 127. The third-order valence-corrected chi connectivity index (χ3v) is 5.30. The van der Waals surface area contributed by atoms with Crippen LogP contribution >= 0.6 is 24.0 Å². The van der Waals surface area contributed by atoms with E-state index in [1.165, 1.54) is 5.56 Å². The Labute approximate surface area is 208 Å². The Bertz CT molecular complexity index is 841. The number of nitrogens with zero attached hydrogens (tertiary/aromatic N) is 3. The molecule has 7 nitrogen and oxygen atoms in total. The molecule has 1 fully saturated rings. The fourth-order valence-electron chi connectivity index (χ4n) is 3.69. The van der Waals surface area contributed by atoms with Gasteiger partial charge < -0.3 is 29.7 Å². The number of phenols is 1. The Morgan fingerprint density at radius 1 is 1.00 bits per heavy atom. The molecule has 2 N–H and O–H groups in total. The summed E-state index contributed by atoms with van der Waals surface area (Å²) in [5.41, 5.74) is 3.24. The van der Waals surface area contributed by atoms with Crippen molar-refractivity contribution in [2.24, 2.45) is 4.99 Å². The lowest BCUT2D eigenvalue weighted by molar-refractivity contribution is 0.0453. The lowest BCUT2D eigenvalue weighted by atomic mass is 10.1. The summed E-state index contributed by atoms with van der Waals surface area (Å²) in [6, 6.07) is 15.9. The third-order valence-electron chi connectivity index (χ3n) is 5.30. The number of aromatic hydroxyl groups is 1. The number of benzene rings is 2. The Balaban J connectivity index is 0.00000363. The van der Waals surface area contributed by atoms with Gasteiger partial charge in [-0.05, 0) is 30.2 Å². The van der Waals surface area contributed by atoms with Crippen LogP contribution < -0.4 is 10.2 Å². The van der Waals surface area contributed by atoms with Crippen LogP contribution in [0.1, 0.15) is 18.1 Å². The first kappa shape index (κ1) is 26.2. The maximum absolute atomic E-state index is 10.1. The standard InChI is InChI=1S/C24H34N4O3.HI/c1-3-30-15-16-31-19-21-8-6-7-20(17-21)18-26-24(25-2)28-13-11-27(12-14-28)22-9-4-5-10-23(22)29;/h4-10,17,29H,3,11-16,18-19H2,1-2H3,(H,25,26);1H. The van der Waals surface area contributed by atoms with Crippen molar-refractivity contribution in [1.82, 2.24) is 10.2 Å². The minimum Gasteiger partial charge on any atom is -0.506 e. The van der Waals surface area contributed by atoms with E-state index in [1.54, 1.807) is 6.07 Å². The van der Waals surface area contributed by atoms with Crippen LogP contribution in [0.15, 0.2) is 53.5 Å². The number of hydrogen-bond acceptors (Lipinski definition) is 5. The van der Waals surface area contributed by atoms with Crippen LogP contribution in [0.4, 0.5) is 5.69 Å². The number of hydrogen-bond donors (Lipinski definition) is 2. The van der Waals surface area contributed by atoms with E-state index in [1.807, 2.05) is 32.2 Å². The van der Waals surface area contributed by atoms with E-state index in [-0.39, 0.29) is 24.0 Å². The van der Waals surface area contributed by atoms with Gasteiger partial charge >= 0.3 is 0 Å². The molecular formula is C24H35IN4O3. The minimum atomic E-state index is 0. The number of para-hydroxylation sites is 2. The van der Waals surface area contributed by atoms with Gasteiger partial charge in [0.1, 0.15) is 5.75 Å². The zero-order chi connectivity index (χ0) is 21.9. The predicted molar refractivity (Wildman–Crippen MR) is 140 cm³/mol. The monoisotopic (exact) mass is 554 g/mol. The summed E-state index contributed by atoms with van der Waals surface area (Å²) < 4.78 is 11.0. The van der Waals surface area contributed by atoms with E-state index in [0.29, 0.717) is 32.1 Å². The molecule has 32 heavy (non-hydrogen) atoms. The van der Waals surface area contributed by atoms with Crippen LogP contribution in [-0.4, -0.2) is 69.0 Å². The highest BCUT2D eigenvalue weighted by Crippen LogP contribution is 2.27. The molecule has 0 atom stereocenters. The average molecular weight is 554 g/mol. The van der Waals surface area contributed by atoms with E-state index >= 15 is 0 Å². The molecule has 0 saturated carbocycles. The highest BCUT2D eigenvalue weighted by Gasteiger charge is 2.21. The second-order valence-corrected chi connectivity index (χ2v) is 7.43. The molecule has 1 aliphatic heterocycles. The van der Waals surface area contributed by atoms with Crippen molar-refractivity contribution < 1.29 is 14.6 Å². The second-order valence-electron chi connectivity index (χ2n) is 7.43. The molecule has 0 radical (unpaired) electrons. The van der Waals surface area contributed by atoms with E-state index in [2.05, 4.69) is 44.4 Å². The van der Waals surface area contributed by atoms with E-state index in [0.717, 1.165) is 50.0 Å². The topological polar surface area (TPSA) is 69.6 Å². The molecule has 1 heterocycles. The first-order chi connectivity index (χ1) is 15.2. The fourth-order valence-corrected chi connectivity index (χ4v) is 3.69. The molecule has 3 rings (SSSR count). The molecule has 1 aliphatic rings. The van der Waals surface area contributed by atoms with Crippen molar-refractivity contribution >= 4 is 35.6 Å². The van der Waals surface area contributed by atoms with E-state index in [9.17, 15) is 5.11 Å². The van der Waals surface area contributed by atoms with Crippen molar-refractivity contribution in [1.29, 1.82) is 0 Å². The molecule has 1 saturated heterocycles. The Kier molecular flexibility index (Phi) is 11.6. The molecule has 176 valence electrons. The molecule has 2 aromatic carbocycles. The fraction of sp³-hybridized carbons (Fsp3) is 0.458. The van der Waals surface area contributed by atoms with Crippen LogP contribution in [0.2, 0.25) is 0 Å². The number of aliphatic imine (C=N–C) groups is 1. The summed E-state index contributed by atoms with van der Waals surface area (Å²) in [6.07, 6.45) is 0. The average Bonchev–Trinajstić information content (AvgIpc) is 2.80. The largest absolute Gasteiger partial charge is 0.506 e. The van der Waals surface area contributed by atoms with Crippen molar-refractivity contribution in [3.05, 3.63) is 59.7 Å². The molecule has 0 unspecified atom stereocenters. The van der Waals surface area contributed by atoms with Gasteiger partial charge in [-0.1, -0.05) is 36.4 Å². The molecule has 0 bridgehead atoms. The maximum atomic E-state index is 10.1. The smallest absolute Gasteiger partial charge is 0.194 e. The number of phenolic OH excluding ortho intramolecular Hbond substituents is 1. The molecule has 8 heteroatoms. The summed E-state index contributed by atoms with van der Waals surface area (Å²) in [4.78, 5) is 8.95. The summed E-state index contributed by atoms with van der Waals surface area (Å²) in [5, 5.41) is 13.6. The van der Waals surface area contributed by atoms with Gasteiger partial charge in [0.2, 0.25) is 0 Å². The Morgan fingerprint density at radius 2 is 1.72 bits per heavy atom. The van der Waals surface area contributed by atoms with Crippen LogP contribution in [0.3, 0.4) is 0 Å². The SMILES string of the molecule is CCOCCOCc1cccc(CNC(=NC)N2CCN(c3ccccc3O)CC2)c1.I. The van der Waals surface area contributed by atoms with Crippen molar-refractivity contribution in [3.63, 3.8) is 0 Å². The van der Waals surface area contributed by atoms with Crippen LogP contribution in [0, 0.1) is 0 Å². The number of piperazine rings is 1. The molecule has 0 aromatic heterocycles. The minimum absolute atomic E-state index is 0. The van der Waals surface area contributed by atoms with E-state index < -0.39 is 0 Å². The van der Waals surface area contributed by atoms with Crippen molar-refractivity contribution in [3.8, 4) is 5.75 Å². The summed E-state index contributed by atoms with van der Waals surface area (Å²) in [7, 11) is 1.82. The van der Waals surface area contributed by atoms with Gasteiger partial charge in [-0.25, -0.2) is 0 Å². The van der Waals surface area contributed by atoms with Crippen molar-refractivity contribution in [2.75, 3.05) is 57.9 Å². The normalized spacial score (nSPS) is 14.2. The number of nitrogens with one attached hydrogen (secondary N) is 1. The third kappa shape index (κ3) is 7.83. The van der Waals surface area contributed by atoms with Gasteiger partial charge in [-0.15, -0.1) is 24.0 Å². The summed E-state index contributed by atoms with van der Waals surface area (Å²) in [5.74, 6) is 1.23.